The number of benzene rings is 2. The molecule has 0 saturated carbocycles. The smallest absolute Gasteiger partial charge is 0.230 e. The first kappa shape index (κ1) is 26.7. The van der Waals surface area contributed by atoms with Crippen LogP contribution < -0.4 is 9.64 Å². The topological polar surface area (TPSA) is 46.6 Å². The fourth-order valence-electron chi connectivity index (χ4n) is 4.40. The molecular weight excluding hydrogens is 507 g/mol. The highest BCUT2D eigenvalue weighted by Crippen LogP contribution is 2.58. The summed E-state index contributed by atoms with van der Waals surface area (Å²) in [5, 5.41) is 0. The molecule has 2 aliphatic rings. The van der Waals surface area contributed by atoms with Gasteiger partial charge in [0.1, 0.15) is 5.75 Å². The Morgan fingerprint density at radius 1 is 1.08 bits per heavy atom. The fraction of sp³-hybridized carbons (Fsp3) is 0.345. The zero-order chi connectivity index (χ0) is 26.2. The normalized spacial score (nSPS) is 19.8. The van der Waals surface area contributed by atoms with E-state index in [9.17, 15) is 9.59 Å². The van der Waals surface area contributed by atoms with E-state index in [-0.39, 0.29) is 17.6 Å². The molecule has 188 valence electrons. The van der Waals surface area contributed by atoms with Gasteiger partial charge in [-0.15, -0.1) is 0 Å². The maximum Gasteiger partial charge on any atom is 0.230 e. The first-order valence-corrected chi connectivity index (χ1v) is 14.2. The van der Waals surface area contributed by atoms with E-state index in [4.69, 9.17) is 17.0 Å². The minimum absolute atomic E-state index is 0.0276. The Labute approximate surface area is 227 Å². The number of anilines is 1. The predicted molar refractivity (Wildman–Crippen MR) is 157 cm³/mol. The molecule has 1 amide bonds. The average Bonchev–Trinajstić information content (AvgIpc) is 3.30. The van der Waals surface area contributed by atoms with Crippen molar-refractivity contribution in [3.05, 3.63) is 68.8 Å². The number of thioether (sulfide) groups is 2. The molecule has 36 heavy (non-hydrogen) atoms. The van der Waals surface area contributed by atoms with Crippen molar-refractivity contribution < 1.29 is 14.3 Å². The number of amides is 1. The fourth-order valence-corrected chi connectivity index (χ4v) is 7.59. The Bertz CT molecular complexity index is 1290. The van der Waals surface area contributed by atoms with E-state index in [0.717, 1.165) is 48.6 Å². The number of carbonyl (C=O) groups is 2. The van der Waals surface area contributed by atoms with Crippen molar-refractivity contribution in [2.75, 3.05) is 11.5 Å². The molecule has 4 rings (SSSR count). The van der Waals surface area contributed by atoms with E-state index in [1.807, 2.05) is 88.0 Å². The molecular formula is C29H31NO3S3. The largest absolute Gasteiger partial charge is 0.494 e. The van der Waals surface area contributed by atoms with E-state index in [1.54, 1.807) is 18.7 Å². The molecule has 7 heteroatoms. The molecule has 2 aliphatic heterocycles. The highest BCUT2D eigenvalue weighted by molar-refractivity contribution is 8.32. The van der Waals surface area contributed by atoms with Crippen molar-refractivity contribution in [3.8, 4) is 5.75 Å². The Morgan fingerprint density at radius 2 is 1.78 bits per heavy atom. The number of thiocarbonyl (C=S) groups is 1. The molecule has 0 fully saturated rings. The van der Waals surface area contributed by atoms with Crippen LogP contribution in [0, 0.1) is 5.92 Å². The second kappa shape index (κ2) is 10.6. The van der Waals surface area contributed by atoms with Crippen LogP contribution in [0.5, 0.6) is 5.75 Å². The van der Waals surface area contributed by atoms with E-state index < -0.39 is 5.54 Å². The zero-order valence-corrected chi connectivity index (χ0v) is 24.0. The number of ketones is 1. The molecule has 2 heterocycles. The summed E-state index contributed by atoms with van der Waals surface area (Å²) in [5.74, 6) is 0.675. The third-order valence-electron chi connectivity index (χ3n) is 6.54. The van der Waals surface area contributed by atoms with Crippen molar-refractivity contribution in [1.29, 1.82) is 0 Å². The number of rotatable bonds is 6. The summed E-state index contributed by atoms with van der Waals surface area (Å²) in [5.41, 5.74) is 2.89. The van der Waals surface area contributed by atoms with Gasteiger partial charge in [0.2, 0.25) is 5.91 Å². The molecule has 2 aromatic rings. The molecule has 1 atom stereocenters. The number of hydrogen-bond acceptors (Lipinski definition) is 6. The van der Waals surface area contributed by atoms with Crippen molar-refractivity contribution in [2.45, 2.75) is 53.5 Å². The highest BCUT2D eigenvalue weighted by atomic mass is 32.2. The summed E-state index contributed by atoms with van der Waals surface area (Å²) in [7, 11) is 0. The molecule has 0 N–H and O–H groups in total. The molecule has 0 saturated heterocycles. The summed E-state index contributed by atoms with van der Waals surface area (Å²) in [6.45, 7) is 12.1. The van der Waals surface area contributed by atoms with Gasteiger partial charge in [0.15, 0.2) is 5.78 Å². The summed E-state index contributed by atoms with van der Waals surface area (Å²) in [4.78, 5) is 30.5. The summed E-state index contributed by atoms with van der Waals surface area (Å²) in [6, 6.07) is 15.8. The van der Waals surface area contributed by atoms with Crippen LogP contribution in [0.4, 0.5) is 5.69 Å². The Hall–Kier alpha value is -2.35. The number of Topliss-reactive ketones (excluding diaryl/α,β-unsaturated/α-hetero) is 1. The van der Waals surface area contributed by atoms with E-state index in [2.05, 4.69) is 0 Å². The maximum atomic E-state index is 13.6. The first-order valence-electron chi connectivity index (χ1n) is 12.2. The van der Waals surface area contributed by atoms with Gasteiger partial charge < -0.3 is 9.64 Å². The number of carbonyl (C=O) groups excluding carboxylic acids is 2. The maximum absolute atomic E-state index is 13.6. The third kappa shape index (κ3) is 4.69. The van der Waals surface area contributed by atoms with Gasteiger partial charge in [-0.1, -0.05) is 79.9 Å². The summed E-state index contributed by atoms with van der Waals surface area (Å²) >= 11 is 9.20. The van der Waals surface area contributed by atoms with Crippen LogP contribution in [0.1, 0.15) is 59.1 Å². The number of fused-ring (bicyclic) bond motifs is 1. The van der Waals surface area contributed by atoms with Crippen molar-refractivity contribution in [1.82, 2.24) is 0 Å². The van der Waals surface area contributed by atoms with Crippen LogP contribution in [-0.2, 0) is 9.59 Å². The lowest BCUT2D eigenvalue weighted by Crippen LogP contribution is -2.57. The van der Waals surface area contributed by atoms with Gasteiger partial charge in [-0.2, -0.15) is 0 Å². The average molecular weight is 538 g/mol. The van der Waals surface area contributed by atoms with Crippen LogP contribution in [0.2, 0.25) is 0 Å². The number of ether oxygens (including phenoxy) is 1. The Morgan fingerprint density at radius 3 is 2.39 bits per heavy atom. The first-order chi connectivity index (χ1) is 17.1. The van der Waals surface area contributed by atoms with Gasteiger partial charge in [-0.3, -0.25) is 9.59 Å². The molecule has 0 spiro atoms. The van der Waals surface area contributed by atoms with Crippen molar-refractivity contribution in [3.63, 3.8) is 0 Å². The van der Waals surface area contributed by atoms with E-state index in [1.165, 1.54) is 11.8 Å². The molecule has 0 aliphatic carbocycles. The lowest BCUT2D eigenvalue weighted by molar-refractivity contribution is -0.122. The minimum atomic E-state index is -0.717. The summed E-state index contributed by atoms with van der Waals surface area (Å²) < 4.78 is 6.80. The minimum Gasteiger partial charge on any atom is -0.494 e. The SMILES string of the molecule is CCOc1ccc2c(c1)/C(=C1\SC(C(C)=O)=C(c3ccccc3)S1)C(=S)C(C)(C)N2C(=O)[C@H](C)CC. The van der Waals surface area contributed by atoms with Gasteiger partial charge in [0.25, 0.3) is 0 Å². The molecule has 0 unspecified atom stereocenters. The number of hydrogen-bond donors (Lipinski definition) is 0. The van der Waals surface area contributed by atoms with Crippen LogP contribution in [0.3, 0.4) is 0 Å². The molecule has 2 aromatic carbocycles. The highest BCUT2D eigenvalue weighted by Gasteiger charge is 2.46. The zero-order valence-electron chi connectivity index (χ0n) is 21.5. The van der Waals surface area contributed by atoms with E-state index >= 15 is 0 Å². The van der Waals surface area contributed by atoms with Gasteiger partial charge in [0, 0.05) is 22.0 Å². The van der Waals surface area contributed by atoms with Gasteiger partial charge >= 0.3 is 0 Å². The monoisotopic (exact) mass is 537 g/mol. The Kier molecular flexibility index (Phi) is 7.83. The number of nitrogens with zero attached hydrogens (tertiary/aromatic N) is 1. The Balaban J connectivity index is 1.94. The standard InChI is InChI=1S/C29H31NO3S3/c1-7-17(3)27(32)30-22-15-14-20(33-8-2)16-21(22)23(26(34)29(30,5)6)28-35-24(18(4)31)25(36-28)19-12-10-9-11-13-19/h9-17H,7-8H2,1-6H3/b28-23-/t17-/m1/s1. The predicted octanol–water partition coefficient (Wildman–Crippen LogP) is 7.73. The van der Waals surface area contributed by atoms with E-state index in [0.29, 0.717) is 11.5 Å². The van der Waals surface area contributed by atoms with Crippen molar-refractivity contribution in [2.24, 2.45) is 5.92 Å². The second-order valence-corrected chi connectivity index (χ2v) is 12.1. The van der Waals surface area contributed by atoms with Crippen LogP contribution in [-0.4, -0.2) is 28.7 Å². The van der Waals surface area contributed by atoms with Gasteiger partial charge in [0.05, 0.1) is 31.8 Å². The van der Waals surface area contributed by atoms with Crippen molar-refractivity contribution >= 4 is 68.5 Å². The van der Waals surface area contributed by atoms with Crippen LogP contribution in [0.15, 0.2) is 57.7 Å². The van der Waals surface area contributed by atoms with Crippen LogP contribution >= 0.6 is 35.7 Å². The van der Waals surface area contributed by atoms with Gasteiger partial charge in [-0.05, 0) is 57.9 Å². The summed E-state index contributed by atoms with van der Waals surface area (Å²) in [6.07, 6.45) is 0.747. The van der Waals surface area contributed by atoms with Gasteiger partial charge in [-0.25, -0.2) is 0 Å². The molecule has 0 bridgehead atoms. The number of allylic oxidation sites excluding steroid dienone is 1. The third-order valence-corrected chi connectivity index (χ3v) is 9.99. The van der Waals surface area contributed by atoms with Crippen LogP contribution in [0.25, 0.3) is 10.5 Å². The molecule has 0 aromatic heterocycles. The lowest BCUT2D eigenvalue weighted by Gasteiger charge is -2.46. The lowest BCUT2D eigenvalue weighted by atomic mass is 9.82. The molecule has 4 nitrogen and oxygen atoms in total. The molecule has 0 radical (unpaired) electrons. The quantitative estimate of drug-likeness (QED) is 0.278. The second-order valence-electron chi connectivity index (χ2n) is 9.43.